The molecule has 1 heterocycles. The number of rotatable bonds is 8. The molecular weight excluding hydrogens is 362 g/mol. The van der Waals surface area contributed by atoms with Crippen LogP contribution in [-0.4, -0.2) is 24.9 Å². The highest BCUT2D eigenvalue weighted by Crippen LogP contribution is 2.25. The van der Waals surface area contributed by atoms with E-state index in [0.717, 1.165) is 41.6 Å². The van der Waals surface area contributed by atoms with Gasteiger partial charge >= 0.3 is 0 Å². The van der Waals surface area contributed by atoms with Gasteiger partial charge in [-0.05, 0) is 43.1 Å². The van der Waals surface area contributed by atoms with Crippen molar-refractivity contribution in [2.24, 2.45) is 5.73 Å². The molecule has 150 valence electrons. The van der Waals surface area contributed by atoms with Gasteiger partial charge in [-0.2, -0.15) is 0 Å². The van der Waals surface area contributed by atoms with Crippen LogP contribution in [0.1, 0.15) is 48.8 Å². The first kappa shape index (κ1) is 20.6. The molecule has 5 heteroatoms. The third-order valence-electron chi connectivity index (χ3n) is 4.94. The quantitative estimate of drug-likeness (QED) is 0.538. The zero-order valence-electron chi connectivity index (χ0n) is 16.6. The number of benzene rings is 2. The second-order valence-electron chi connectivity index (χ2n) is 7.10. The summed E-state index contributed by atoms with van der Waals surface area (Å²) in [5.74, 6) is 6.36. The average Bonchev–Trinajstić information content (AvgIpc) is 2.73. The number of hydrogen-bond donors (Lipinski definition) is 2. The SMILES string of the molecule is NCCCCCC(=O)NCCC(=O)N1Cc2ccccc2C#Cc2ccccc21. The number of anilines is 1. The number of carbonyl (C=O) groups excluding carboxylic acids is 2. The van der Waals surface area contributed by atoms with Crippen molar-refractivity contribution >= 4 is 17.5 Å². The van der Waals surface area contributed by atoms with Gasteiger partial charge in [0.25, 0.3) is 0 Å². The summed E-state index contributed by atoms with van der Waals surface area (Å²) in [6.45, 7) is 1.45. The van der Waals surface area contributed by atoms with E-state index in [2.05, 4.69) is 17.2 Å². The van der Waals surface area contributed by atoms with E-state index in [9.17, 15) is 9.59 Å². The van der Waals surface area contributed by atoms with Gasteiger partial charge < -0.3 is 16.0 Å². The maximum atomic E-state index is 13.0. The van der Waals surface area contributed by atoms with Crippen molar-refractivity contribution in [2.45, 2.75) is 38.6 Å². The molecule has 0 fully saturated rings. The Bertz CT molecular complexity index is 927. The molecule has 0 bridgehead atoms. The minimum atomic E-state index is -0.0283. The Morgan fingerprint density at radius 2 is 1.66 bits per heavy atom. The molecule has 2 aromatic rings. The topological polar surface area (TPSA) is 75.4 Å². The lowest BCUT2D eigenvalue weighted by molar-refractivity contribution is -0.121. The first-order valence-electron chi connectivity index (χ1n) is 10.1. The van der Waals surface area contributed by atoms with Crippen molar-refractivity contribution in [1.29, 1.82) is 0 Å². The molecule has 3 rings (SSSR count). The normalized spacial score (nSPS) is 12.0. The lowest BCUT2D eigenvalue weighted by atomic mass is 10.0. The van der Waals surface area contributed by atoms with Crippen molar-refractivity contribution in [3.63, 3.8) is 0 Å². The van der Waals surface area contributed by atoms with Gasteiger partial charge in [0.05, 0.1) is 12.2 Å². The van der Waals surface area contributed by atoms with Gasteiger partial charge in [0.2, 0.25) is 11.8 Å². The summed E-state index contributed by atoms with van der Waals surface area (Å²) in [4.78, 5) is 26.7. The van der Waals surface area contributed by atoms with Crippen LogP contribution in [0.15, 0.2) is 48.5 Å². The zero-order chi connectivity index (χ0) is 20.5. The maximum Gasteiger partial charge on any atom is 0.229 e. The molecule has 29 heavy (non-hydrogen) atoms. The van der Waals surface area contributed by atoms with Gasteiger partial charge in [-0.15, -0.1) is 0 Å². The summed E-state index contributed by atoms with van der Waals surface area (Å²) >= 11 is 0. The number of fused-ring (bicyclic) bond motifs is 2. The first-order chi connectivity index (χ1) is 14.2. The number of amides is 2. The molecular formula is C24H27N3O2. The monoisotopic (exact) mass is 389 g/mol. The van der Waals surface area contributed by atoms with Gasteiger partial charge in [-0.3, -0.25) is 9.59 Å². The summed E-state index contributed by atoms with van der Waals surface area (Å²) in [6.07, 6.45) is 3.44. The number of nitrogens with zero attached hydrogens (tertiary/aromatic N) is 1. The summed E-state index contributed by atoms with van der Waals surface area (Å²) in [5, 5.41) is 2.86. The standard InChI is InChI=1S/C24H27N3O2/c25-16-7-1-2-12-23(28)26-17-15-24(29)27-18-21-10-4-3-8-19(21)13-14-20-9-5-6-11-22(20)27/h3-6,8-11H,1-2,7,12,15-18,25H2,(H,26,28). The Morgan fingerprint density at radius 3 is 2.48 bits per heavy atom. The van der Waals surface area contributed by atoms with Gasteiger partial charge in [-0.25, -0.2) is 0 Å². The third kappa shape index (κ3) is 5.69. The molecule has 5 nitrogen and oxygen atoms in total. The summed E-state index contributed by atoms with van der Waals surface area (Å²) in [5.41, 5.74) is 9.06. The molecule has 0 saturated heterocycles. The number of nitrogens with one attached hydrogen (secondary N) is 1. The van der Waals surface area contributed by atoms with E-state index >= 15 is 0 Å². The van der Waals surface area contributed by atoms with E-state index in [-0.39, 0.29) is 18.2 Å². The maximum absolute atomic E-state index is 13.0. The number of unbranched alkanes of at least 4 members (excludes halogenated alkanes) is 2. The highest BCUT2D eigenvalue weighted by atomic mass is 16.2. The molecule has 3 N–H and O–H groups in total. The van der Waals surface area contributed by atoms with Crippen molar-refractivity contribution < 1.29 is 9.59 Å². The summed E-state index contributed by atoms with van der Waals surface area (Å²) in [7, 11) is 0. The third-order valence-corrected chi connectivity index (χ3v) is 4.94. The number of carbonyl (C=O) groups is 2. The predicted molar refractivity (Wildman–Crippen MR) is 115 cm³/mol. The van der Waals surface area contributed by atoms with E-state index in [0.29, 0.717) is 26.1 Å². The smallest absolute Gasteiger partial charge is 0.229 e. The molecule has 0 unspecified atom stereocenters. The van der Waals surface area contributed by atoms with Crippen LogP contribution >= 0.6 is 0 Å². The van der Waals surface area contributed by atoms with Gasteiger partial charge in [0.15, 0.2) is 0 Å². The van der Waals surface area contributed by atoms with E-state index in [1.54, 1.807) is 4.90 Å². The van der Waals surface area contributed by atoms with Crippen LogP contribution in [0.3, 0.4) is 0 Å². The lowest BCUT2D eigenvalue weighted by Gasteiger charge is -2.26. The van der Waals surface area contributed by atoms with Crippen molar-refractivity contribution in [1.82, 2.24) is 5.32 Å². The van der Waals surface area contributed by atoms with Crippen molar-refractivity contribution in [2.75, 3.05) is 18.0 Å². The molecule has 0 radical (unpaired) electrons. The highest BCUT2D eigenvalue weighted by molar-refractivity contribution is 5.95. The molecule has 1 aliphatic rings. The van der Waals surface area contributed by atoms with Gasteiger partial charge in [0.1, 0.15) is 0 Å². The molecule has 0 aromatic heterocycles. The Balaban J connectivity index is 1.65. The van der Waals surface area contributed by atoms with Gasteiger partial charge in [0, 0.05) is 30.5 Å². The van der Waals surface area contributed by atoms with Crippen molar-refractivity contribution in [3.8, 4) is 11.8 Å². The van der Waals surface area contributed by atoms with Crippen LogP contribution in [0.2, 0.25) is 0 Å². The van der Waals surface area contributed by atoms with Crippen LogP contribution in [0, 0.1) is 11.8 Å². The Labute approximate surface area is 172 Å². The number of para-hydroxylation sites is 1. The lowest BCUT2D eigenvalue weighted by Crippen LogP contribution is -2.35. The van der Waals surface area contributed by atoms with E-state index in [1.165, 1.54) is 0 Å². The number of nitrogens with two attached hydrogens (primary N) is 1. The number of hydrogen-bond acceptors (Lipinski definition) is 3. The Hall–Kier alpha value is -3.10. The largest absolute Gasteiger partial charge is 0.356 e. The second kappa shape index (κ2) is 10.4. The fourth-order valence-electron chi connectivity index (χ4n) is 3.35. The molecule has 2 aromatic carbocycles. The average molecular weight is 389 g/mol. The first-order valence-corrected chi connectivity index (χ1v) is 10.1. The molecule has 0 atom stereocenters. The minimum Gasteiger partial charge on any atom is -0.356 e. The van der Waals surface area contributed by atoms with Crippen molar-refractivity contribution in [3.05, 3.63) is 65.2 Å². The Morgan fingerprint density at radius 1 is 0.931 bits per heavy atom. The van der Waals surface area contributed by atoms with Gasteiger partial charge in [-0.1, -0.05) is 48.6 Å². The van der Waals surface area contributed by atoms with E-state index in [1.807, 2.05) is 48.5 Å². The van der Waals surface area contributed by atoms with E-state index in [4.69, 9.17) is 5.73 Å². The molecule has 0 saturated carbocycles. The van der Waals surface area contributed by atoms with Crippen LogP contribution in [-0.2, 0) is 16.1 Å². The molecule has 1 aliphatic heterocycles. The van der Waals surface area contributed by atoms with Crippen LogP contribution < -0.4 is 16.0 Å². The second-order valence-corrected chi connectivity index (χ2v) is 7.10. The molecule has 0 spiro atoms. The van der Waals surface area contributed by atoms with E-state index < -0.39 is 0 Å². The fraction of sp³-hybridized carbons (Fsp3) is 0.333. The van der Waals surface area contributed by atoms with Crippen LogP contribution in [0.5, 0.6) is 0 Å². The minimum absolute atomic E-state index is 0.0147. The summed E-state index contributed by atoms with van der Waals surface area (Å²) < 4.78 is 0. The summed E-state index contributed by atoms with van der Waals surface area (Å²) in [6, 6.07) is 15.6. The zero-order valence-corrected chi connectivity index (χ0v) is 16.6. The fourth-order valence-corrected chi connectivity index (χ4v) is 3.35. The highest BCUT2D eigenvalue weighted by Gasteiger charge is 2.20. The molecule has 0 aliphatic carbocycles. The Kier molecular flexibility index (Phi) is 7.43. The predicted octanol–water partition coefficient (Wildman–Crippen LogP) is 2.96. The van der Waals surface area contributed by atoms with Crippen LogP contribution in [0.4, 0.5) is 5.69 Å². The molecule has 2 amide bonds. The van der Waals surface area contributed by atoms with Crippen LogP contribution in [0.25, 0.3) is 0 Å².